The summed E-state index contributed by atoms with van der Waals surface area (Å²) in [6.07, 6.45) is 2.53. The van der Waals surface area contributed by atoms with Crippen molar-refractivity contribution in [3.05, 3.63) is 35.5 Å². The maximum absolute atomic E-state index is 13.0. The Kier molecular flexibility index (Phi) is 2.71. The Balaban J connectivity index is 1.63. The second-order valence-electron chi connectivity index (χ2n) is 7.11. The number of aryl methyl sites for hydroxylation is 1. The van der Waals surface area contributed by atoms with E-state index >= 15 is 0 Å². The molecule has 5 heteroatoms. The smallest absolute Gasteiger partial charge is 0.322 e. The highest BCUT2D eigenvalue weighted by molar-refractivity contribution is 6.09. The van der Waals surface area contributed by atoms with Crippen LogP contribution in [0.25, 0.3) is 10.9 Å². The van der Waals surface area contributed by atoms with Crippen LogP contribution in [-0.2, 0) is 20.7 Å². The molecule has 0 radical (unpaired) electrons. The van der Waals surface area contributed by atoms with Gasteiger partial charge in [0, 0.05) is 29.1 Å². The van der Waals surface area contributed by atoms with E-state index in [0.29, 0.717) is 13.0 Å². The molecule has 1 N–H and O–H groups in total. The van der Waals surface area contributed by atoms with Crippen LogP contribution < -0.4 is 0 Å². The minimum Gasteiger partial charge on any atom is -0.465 e. The lowest BCUT2D eigenvalue weighted by atomic mass is 9.99. The molecule has 1 amide bonds. The third-order valence-corrected chi connectivity index (χ3v) is 5.98. The number of hydrogen-bond donors (Lipinski definition) is 1. The van der Waals surface area contributed by atoms with E-state index in [9.17, 15) is 9.59 Å². The number of carbonyl (C=O) groups is 2. The summed E-state index contributed by atoms with van der Waals surface area (Å²) in [5, 5.41) is 1.25. The van der Waals surface area contributed by atoms with Crippen LogP contribution in [0, 0.1) is 11.3 Å². The van der Waals surface area contributed by atoms with E-state index in [1.54, 1.807) is 6.92 Å². The van der Waals surface area contributed by atoms with Gasteiger partial charge in [0.2, 0.25) is 5.91 Å². The summed E-state index contributed by atoms with van der Waals surface area (Å²) < 4.78 is 5.23. The number of nitrogens with one attached hydrogen (secondary N) is 1. The van der Waals surface area contributed by atoms with Gasteiger partial charge in [0.1, 0.15) is 0 Å². The summed E-state index contributed by atoms with van der Waals surface area (Å²) in [5.41, 5.74) is 2.66. The highest BCUT2D eigenvalue weighted by atomic mass is 16.5. The molecule has 3 heterocycles. The van der Waals surface area contributed by atoms with Crippen molar-refractivity contribution >= 4 is 22.8 Å². The van der Waals surface area contributed by atoms with Crippen LogP contribution in [-0.4, -0.2) is 34.9 Å². The number of aromatic amines is 1. The van der Waals surface area contributed by atoms with Gasteiger partial charge < -0.3 is 14.6 Å². The van der Waals surface area contributed by atoms with Crippen LogP contribution in [0.2, 0.25) is 0 Å². The standard InChI is InChI=1S/C19H20N2O3/c1-2-24-18(23)19-10-13(19)16-15-12(7-5-9-21(16)17(19)22)11-6-3-4-8-14(11)20-15/h3-4,6,8,13,16,20H,2,5,7,9-10H2,1H3/t13-,16-,19+/m1/s1. The van der Waals surface area contributed by atoms with Crippen molar-refractivity contribution in [1.29, 1.82) is 0 Å². The topological polar surface area (TPSA) is 62.4 Å². The lowest BCUT2D eigenvalue weighted by molar-refractivity contribution is -0.155. The molecule has 1 saturated carbocycles. The first-order valence-corrected chi connectivity index (χ1v) is 8.76. The molecule has 0 bridgehead atoms. The van der Waals surface area contributed by atoms with Crippen LogP contribution in [0.3, 0.4) is 0 Å². The van der Waals surface area contributed by atoms with E-state index in [2.05, 4.69) is 23.2 Å². The van der Waals surface area contributed by atoms with Crippen molar-refractivity contribution in [2.45, 2.75) is 32.2 Å². The van der Waals surface area contributed by atoms with Crippen molar-refractivity contribution in [1.82, 2.24) is 9.88 Å². The van der Waals surface area contributed by atoms with E-state index in [1.807, 2.05) is 11.0 Å². The van der Waals surface area contributed by atoms with Gasteiger partial charge in [-0.05, 0) is 37.8 Å². The van der Waals surface area contributed by atoms with Crippen molar-refractivity contribution in [3.8, 4) is 0 Å². The molecular weight excluding hydrogens is 304 g/mol. The lowest BCUT2D eigenvalue weighted by Gasteiger charge is -2.25. The first-order chi connectivity index (χ1) is 11.7. The van der Waals surface area contributed by atoms with Gasteiger partial charge in [0.25, 0.3) is 0 Å². The molecule has 5 nitrogen and oxygen atoms in total. The SMILES string of the molecule is CCOC(=O)[C@@]12C[C@@H]1[C@@H]1c3[nH]c4ccccc4c3CCCN1C2=O. The number of amides is 1. The molecule has 5 rings (SSSR count). The van der Waals surface area contributed by atoms with Crippen molar-refractivity contribution < 1.29 is 14.3 Å². The molecule has 1 aliphatic carbocycles. The van der Waals surface area contributed by atoms with E-state index in [4.69, 9.17) is 4.74 Å². The van der Waals surface area contributed by atoms with E-state index in [-0.39, 0.29) is 23.8 Å². The summed E-state index contributed by atoms with van der Waals surface area (Å²) in [6.45, 7) is 2.83. The second-order valence-corrected chi connectivity index (χ2v) is 7.11. The number of carbonyl (C=O) groups excluding carboxylic acids is 2. The van der Waals surface area contributed by atoms with E-state index in [0.717, 1.165) is 30.6 Å². The van der Waals surface area contributed by atoms with Crippen molar-refractivity contribution in [3.63, 3.8) is 0 Å². The highest BCUT2D eigenvalue weighted by Gasteiger charge is 2.76. The van der Waals surface area contributed by atoms with Gasteiger partial charge in [0.05, 0.1) is 12.6 Å². The quantitative estimate of drug-likeness (QED) is 0.682. The molecule has 2 aromatic rings. The molecule has 2 fully saturated rings. The van der Waals surface area contributed by atoms with Crippen LogP contribution >= 0.6 is 0 Å². The summed E-state index contributed by atoms with van der Waals surface area (Å²) in [6, 6.07) is 8.29. The fourth-order valence-electron chi connectivity index (χ4n) is 4.86. The fraction of sp³-hybridized carbons (Fsp3) is 0.474. The Morgan fingerprint density at radius 1 is 1.42 bits per heavy atom. The molecule has 3 aliphatic rings. The monoisotopic (exact) mass is 324 g/mol. The molecule has 24 heavy (non-hydrogen) atoms. The lowest BCUT2D eigenvalue weighted by Crippen LogP contribution is -2.37. The summed E-state index contributed by atoms with van der Waals surface area (Å²) in [5.74, 6) is -0.304. The molecule has 0 unspecified atom stereocenters. The number of hydrogen-bond acceptors (Lipinski definition) is 3. The number of benzene rings is 1. The first kappa shape index (κ1) is 14.1. The van der Waals surface area contributed by atoms with Gasteiger partial charge in [-0.2, -0.15) is 0 Å². The maximum Gasteiger partial charge on any atom is 0.322 e. The summed E-state index contributed by atoms with van der Waals surface area (Å²) in [4.78, 5) is 30.9. The average Bonchev–Trinajstić information content (AvgIpc) is 3.21. The fourth-order valence-corrected chi connectivity index (χ4v) is 4.86. The van der Waals surface area contributed by atoms with Crippen molar-refractivity contribution in [2.75, 3.05) is 13.2 Å². The Morgan fingerprint density at radius 3 is 3.08 bits per heavy atom. The molecule has 3 atom stereocenters. The molecular formula is C19H20N2O3. The third-order valence-electron chi connectivity index (χ3n) is 5.98. The third kappa shape index (κ3) is 1.55. The Labute approximate surface area is 140 Å². The van der Waals surface area contributed by atoms with Crippen LogP contribution in [0.5, 0.6) is 0 Å². The predicted molar refractivity (Wildman–Crippen MR) is 88.2 cm³/mol. The minimum atomic E-state index is -0.910. The van der Waals surface area contributed by atoms with Gasteiger partial charge in [-0.25, -0.2) is 0 Å². The number of aromatic nitrogens is 1. The maximum atomic E-state index is 13.0. The Morgan fingerprint density at radius 2 is 2.25 bits per heavy atom. The molecule has 1 saturated heterocycles. The number of nitrogens with zero attached hydrogens (tertiary/aromatic N) is 1. The minimum absolute atomic E-state index is 0.00759. The number of esters is 1. The van der Waals surface area contributed by atoms with Gasteiger partial charge in [0.15, 0.2) is 5.41 Å². The predicted octanol–water partition coefficient (Wildman–Crippen LogP) is 2.57. The normalized spacial score (nSPS) is 30.5. The Hall–Kier alpha value is -2.30. The number of rotatable bonds is 2. The Bertz CT molecular complexity index is 871. The van der Waals surface area contributed by atoms with E-state index in [1.165, 1.54) is 10.9 Å². The summed E-state index contributed by atoms with van der Waals surface area (Å²) >= 11 is 0. The van der Waals surface area contributed by atoms with Crippen molar-refractivity contribution in [2.24, 2.45) is 11.3 Å². The first-order valence-electron chi connectivity index (χ1n) is 8.76. The number of para-hydroxylation sites is 1. The second kappa shape index (κ2) is 4.62. The molecule has 1 aromatic carbocycles. The zero-order valence-electron chi connectivity index (χ0n) is 13.7. The zero-order chi connectivity index (χ0) is 16.5. The number of H-pyrrole nitrogens is 1. The number of fused-ring (bicyclic) bond motifs is 7. The molecule has 2 aliphatic heterocycles. The number of ether oxygens (including phenoxy) is 1. The zero-order valence-corrected chi connectivity index (χ0v) is 13.7. The molecule has 0 spiro atoms. The van der Waals surface area contributed by atoms with Crippen LogP contribution in [0.4, 0.5) is 0 Å². The van der Waals surface area contributed by atoms with Crippen LogP contribution in [0.15, 0.2) is 24.3 Å². The van der Waals surface area contributed by atoms with Gasteiger partial charge in [-0.15, -0.1) is 0 Å². The number of piperidine rings is 1. The molecule has 1 aromatic heterocycles. The largest absolute Gasteiger partial charge is 0.465 e. The van der Waals surface area contributed by atoms with Crippen LogP contribution in [0.1, 0.15) is 37.1 Å². The molecule has 124 valence electrons. The van der Waals surface area contributed by atoms with Gasteiger partial charge in [-0.1, -0.05) is 18.2 Å². The van der Waals surface area contributed by atoms with E-state index < -0.39 is 5.41 Å². The highest BCUT2D eigenvalue weighted by Crippen LogP contribution is 2.67. The van der Waals surface area contributed by atoms with Gasteiger partial charge in [-0.3, -0.25) is 9.59 Å². The summed E-state index contributed by atoms with van der Waals surface area (Å²) in [7, 11) is 0. The average molecular weight is 324 g/mol. The van der Waals surface area contributed by atoms with Gasteiger partial charge >= 0.3 is 5.97 Å².